The summed E-state index contributed by atoms with van der Waals surface area (Å²) < 4.78 is 15.4. The van der Waals surface area contributed by atoms with Crippen molar-refractivity contribution >= 4 is 6.08 Å². The van der Waals surface area contributed by atoms with Gasteiger partial charge in [-0.1, -0.05) is 41.6 Å². The van der Waals surface area contributed by atoms with E-state index in [2.05, 4.69) is 11.2 Å². The summed E-state index contributed by atoms with van der Waals surface area (Å²) in [5.74, 6) is 0.776. The van der Waals surface area contributed by atoms with Crippen LogP contribution in [0.15, 0.2) is 45.7 Å². The normalized spacial score (nSPS) is 23.4. The van der Waals surface area contributed by atoms with Crippen molar-refractivity contribution in [3.63, 3.8) is 0 Å². The highest BCUT2D eigenvalue weighted by Gasteiger charge is 2.41. The van der Waals surface area contributed by atoms with Crippen molar-refractivity contribution < 1.29 is 9.26 Å². The number of aromatic nitrogens is 3. The molecular weight excluding hydrogens is 342 g/mol. The molecule has 3 heterocycles. The number of imidazole rings is 1. The quantitative estimate of drug-likeness (QED) is 0.701. The second kappa shape index (κ2) is 5.82. The summed E-state index contributed by atoms with van der Waals surface area (Å²) in [5, 5.41) is 4.10. The molecule has 1 aromatic carbocycles. The Hall–Kier alpha value is -2.86. The predicted octanol–water partition coefficient (Wildman–Crippen LogP) is 3.26. The van der Waals surface area contributed by atoms with Crippen LogP contribution in [0.3, 0.4) is 0 Å². The van der Waals surface area contributed by atoms with E-state index >= 15 is 0 Å². The smallest absolute Gasteiger partial charge is 0.329 e. The Bertz CT molecular complexity index is 1080. The molecule has 0 spiro atoms. The van der Waals surface area contributed by atoms with Gasteiger partial charge >= 0.3 is 5.69 Å². The standard InChI is InChI=1S/C21H21N3O3/c1-12-18(13(2)27-22-12)15-9-10-16-19-20(15)26-11-17(14-7-5-4-6-8-14)24(19)21(25)23(16)3/h4-10,15,17,20H,11H2,1-3H3. The van der Waals surface area contributed by atoms with E-state index < -0.39 is 0 Å². The topological polar surface area (TPSA) is 62.2 Å². The maximum Gasteiger partial charge on any atom is 0.329 e. The van der Waals surface area contributed by atoms with E-state index in [4.69, 9.17) is 9.26 Å². The fourth-order valence-electron chi connectivity index (χ4n) is 4.50. The van der Waals surface area contributed by atoms with Crippen LogP contribution in [-0.4, -0.2) is 20.9 Å². The second-order valence-electron chi connectivity index (χ2n) is 7.29. The number of hydrogen-bond donors (Lipinski definition) is 0. The Morgan fingerprint density at radius 2 is 1.96 bits per heavy atom. The molecular formula is C21H21N3O3. The van der Waals surface area contributed by atoms with Crippen LogP contribution in [0.1, 0.15) is 52.0 Å². The summed E-state index contributed by atoms with van der Waals surface area (Å²) in [6.07, 6.45) is 3.90. The zero-order valence-electron chi connectivity index (χ0n) is 15.5. The highest BCUT2D eigenvalue weighted by atomic mass is 16.5. The minimum atomic E-state index is -0.226. The van der Waals surface area contributed by atoms with Crippen molar-refractivity contribution in [1.29, 1.82) is 0 Å². The van der Waals surface area contributed by atoms with Gasteiger partial charge in [-0.05, 0) is 25.5 Å². The first-order chi connectivity index (χ1) is 13.1. The predicted molar refractivity (Wildman–Crippen MR) is 101 cm³/mol. The molecule has 3 atom stereocenters. The minimum absolute atomic E-state index is 0.00813. The molecule has 0 amide bonds. The van der Waals surface area contributed by atoms with E-state index in [0.29, 0.717) is 6.61 Å². The second-order valence-corrected chi connectivity index (χ2v) is 7.29. The van der Waals surface area contributed by atoms with Crippen molar-refractivity contribution in [3.05, 3.63) is 80.9 Å². The third-order valence-corrected chi connectivity index (χ3v) is 5.79. The molecule has 0 radical (unpaired) electrons. The van der Waals surface area contributed by atoms with E-state index in [1.807, 2.05) is 61.9 Å². The Balaban J connectivity index is 1.70. The lowest BCUT2D eigenvalue weighted by Gasteiger charge is -2.36. The van der Waals surface area contributed by atoms with Crippen LogP contribution in [0.2, 0.25) is 0 Å². The van der Waals surface area contributed by atoms with Gasteiger partial charge in [0.25, 0.3) is 0 Å². The van der Waals surface area contributed by atoms with Gasteiger partial charge in [0.05, 0.1) is 29.7 Å². The van der Waals surface area contributed by atoms with E-state index in [1.54, 1.807) is 4.57 Å². The number of hydrogen-bond acceptors (Lipinski definition) is 4. The van der Waals surface area contributed by atoms with E-state index in [0.717, 1.165) is 34.0 Å². The number of benzene rings is 1. The molecule has 27 heavy (non-hydrogen) atoms. The first kappa shape index (κ1) is 16.3. The minimum Gasteiger partial charge on any atom is -0.368 e. The van der Waals surface area contributed by atoms with Crippen LogP contribution >= 0.6 is 0 Å². The fourth-order valence-corrected chi connectivity index (χ4v) is 4.50. The van der Waals surface area contributed by atoms with Gasteiger partial charge in [0, 0.05) is 18.5 Å². The van der Waals surface area contributed by atoms with Crippen molar-refractivity contribution in [2.45, 2.75) is 31.9 Å². The van der Waals surface area contributed by atoms with Crippen LogP contribution in [0.25, 0.3) is 6.08 Å². The summed E-state index contributed by atoms with van der Waals surface area (Å²) in [4.78, 5) is 13.1. The summed E-state index contributed by atoms with van der Waals surface area (Å²) in [7, 11) is 1.82. The Kier molecular flexibility index (Phi) is 3.52. The molecule has 5 rings (SSSR count). The zero-order valence-corrected chi connectivity index (χ0v) is 15.5. The van der Waals surface area contributed by atoms with E-state index in [-0.39, 0.29) is 23.8 Å². The SMILES string of the molecule is Cc1noc(C)c1C1C=Cc2c3n(c(=O)n2C)C(c2ccccc2)COC31. The number of nitrogens with zero attached hydrogens (tertiary/aromatic N) is 3. The molecule has 6 nitrogen and oxygen atoms in total. The maximum atomic E-state index is 13.1. The zero-order chi connectivity index (χ0) is 18.7. The number of rotatable bonds is 2. The van der Waals surface area contributed by atoms with Gasteiger partial charge in [-0.3, -0.25) is 9.13 Å². The monoisotopic (exact) mass is 363 g/mol. The van der Waals surface area contributed by atoms with Gasteiger partial charge in [0.2, 0.25) is 0 Å². The molecule has 1 aliphatic carbocycles. The average molecular weight is 363 g/mol. The Morgan fingerprint density at radius 1 is 1.19 bits per heavy atom. The van der Waals surface area contributed by atoms with E-state index in [1.165, 1.54) is 0 Å². The average Bonchev–Trinajstić information content (AvgIpc) is 3.16. The first-order valence-electron chi connectivity index (χ1n) is 9.16. The number of aryl methyl sites for hydroxylation is 2. The summed E-state index contributed by atoms with van der Waals surface area (Å²) in [5.41, 5.74) is 4.83. The summed E-state index contributed by atoms with van der Waals surface area (Å²) in [6.45, 7) is 4.33. The third-order valence-electron chi connectivity index (χ3n) is 5.79. The van der Waals surface area contributed by atoms with Crippen LogP contribution in [0.5, 0.6) is 0 Å². The van der Waals surface area contributed by atoms with Gasteiger partial charge < -0.3 is 9.26 Å². The molecule has 0 saturated carbocycles. The highest BCUT2D eigenvalue weighted by molar-refractivity contribution is 5.57. The molecule has 0 bridgehead atoms. The molecule has 0 N–H and O–H groups in total. The first-order valence-corrected chi connectivity index (χ1v) is 9.16. The Labute approximate surface area is 156 Å². The van der Waals surface area contributed by atoms with E-state index in [9.17, 15) is 4.79 Å². The molecule has 2 aliphatic rings. The van der Waals surface area contributed by atoms with Crippen LogP contribution < -0.4 is 5.69 Å². The molecule has 6 heteroatoms. The number of ether oxygens (including phenoxy) is 1. The summed E-state index contributed by atoms with van der Waals surface area (Å²) in [6, 6.07) is 9.94. The van der Waals surface area contributed by atoms with Gasteiger partial charge in [0.15, 0.2) is 0 Å². The lowest BCUT2D eigenvalue weighted by Crippen LogP contribution is -2.36. The largest absolute Gasteiger partial charge is 0.368 e. The molecule has 0 fully saturated rings. The molecule has 3 unspecified atom stereocenters. The lowest BCUT2D eigenvalue weighted by molar-refractivity contribution is -0.00196. The fraction of sp³-hybridized carbons (Fsp3) is 0.333. The maximum absolute atomic E-state index is 13.1. The van der Waals surface area contributed by atoms with Crippen LogP contribution in [-0.2, 0) is 11.8 Å². The van der Waals surface area contributed by atoms with Crippen molar-refractivity contribution in [2.75, 3.05) is 6.61 Å². The van der Waals surface area contributed by atoms with Gasteiger partial charge in [0.1, 0.15) is 11.9 Å². The highest BCUT2D eigenvalue weighted by Crippen LogP contribution is 2.46. The molecule has 2 aromatic heterocycles. The van der Waals surface area contributed by atoms with Crippen LogP contribution in [0.4, 0.5) is 0 Å². The van der Waals surface area contributed by atoms with Crippen molar-refractivity contribution in [2.24, 2.45) is 7.05 Å². The molecule has 138 valence electrons. The van der Waals surface area contributed by atoms with Gasteiger partial charge in [-0.2, -0.15) is 0 Å². The van der Waals surface area contributed by atoms with Crippen molar-refractivity contribution in [3.8, 4) is 0 Å². The third kappa shape index (κ3) is 2.23. The van der Waals surface area contributed by atoms with Crippen molar-refractivity contribution in [1.82, 2.24) is 14.3 Å². The van der Waals surface area contributed by atoms with Gasteiger partial charge in [-0.25, -0.2) is 4.79 Å². The lowest BCUT2D eigenvalue weighted by atomic mass is 9.84. The Morgan fingerprint density at radius 3 is 2.67 bits per heavy atom. The van der Waals surface area contributed by atoms with Gasteiger partial charge in [-0.15, -0.1) is 0 Å². The molecule has 1 aliphatic heterocycles. The van der Waals surface area contributed by atoms with Crippen LogP contribution in [0, 0.1) is 13.8 Å². The molecule has 3 aromatic rings. The molecule has 0 saturated heterocycles. The summed E-state index contributed by atoms with van der Waals surface area (Å²) >= 11 is 0.